The summed E-state index contributed by atoms with van der Waals surface area (Å²) < 4.78 is 41.8. The Hall–Kier alpha value is -3.24. The molecule has 1 fully saturated rings. The summed E-state index contributed by atoms with van der Waals surface area (Å²) in [5, 5.41) is 0. The Labute approximate surface area is 156 Å². The van der Waals surface area contributed by atoms with E-state index in [4.69, 9.17) is 0 Å². The Morgan fingerprint density at radius 2 is 1.79 bits per heavy atom. The van der Waals surface area contributed by atoms with Crippen LogP contribution in [0.3, 0.4) is 0 Å². The van der Waals surface area contributed by atoms with E-state index in [9.17, 15) is 27.6 Å². The predicted octanol–water partition coefficient (Wildman–Crippen LogP) is 0.935. The van der Waals surface area contributed by atoms with Crippen LogP contribution in [0.2, 0.25) is 0 Å². The number of ether oxygens (including phenoxy) is 1. The Morgan fingerprint density at radius 3 is 2.39 bits per heavy atom. The van der Waals surface area contributed by atoms with Crippen molar-refractivity contribution in [2.45, 2.75) is 6.36 Å². The van der Waals surface area contributed by atoms with Crippen LogP contribution < -0.4 is 20.9 Å². The second-order valence-corrected chi connectivity index (χ2v) is 6.21. The van der Waals surface area contributed by atoms with Crippen molar-refractivity contribution in [2.24, 2.45) is 7.05 Å². The minimum Gasteiger partial charge on any atom is -0.406 e. The molecule has 0 bridgehead atoms. The molecule has 0 aliphatic carbocycles. The first-order chi connectivity index (χ1) is 13.1. The molecule has 1 aliphatic heterocycles. The highest BCUT2D eigenvalue weighted by molar-refractivity contribution is 5.94. The van der Waals surface area contributed by atoms with Crippen LogP contribution in [0, 0.1) is 0 Å². The van der Waals surface area contributed by atoms with Gasteiger partial charge in [-0.2, -0.15) is 0 Å². The molecule has 3 rings (SSSR count). The number of amides is 1. The third kappa shape index (κ3) is 4.35. The van der Waals surface area contributed by atoms with E-state index in [-0.39, 0.29) is 18.7 Å². The van der Waals surface area contributed by atoms with Crippen LogP contribution in [0.5, 0.6) is 5.75 Å². The van der Waals surface area contributed by atoms with Crippen molar-refractivity contribution in [3.8, 4) is 5.75 Å². The van der Waals surface area contributed by atoms with Crippen molar-refractivity contribution in [3.05, 3.63) is 56.7 Å². The fraction of sp³-hybridized carbons (Fsp3) is 0.353. The summed E-state index contributed by atoms with van der Waals surface area (Å²) in [4.78, 5) is 41.9. The maximum absolute atomic E-state index is 12.6. The Morgan fingerprint density at radius 1 is 1.11 bits per heavy atom. The van der Waals surface area contributed by atoms with Gasteiger partial charge in [0.05, 0.1) is 0 Å². The number of hydrogen-bond donors (Lipinski definition) is 1. The minimum absolute atomic E-state index is 0.0807. The molecular weight excluding hydrogens is 381 g/mol. The van der Waals surface area contributed by atoms with Crippen molar-refractivity contribution in [2.75, 3.05) is 31.1 Å². The zero-order valence-electron chi connectivity index (χ0n) is 14.8. The van der Waals surface area contributed by atoms with Gasteiger partial charge in [0.15, 0.2) is 0 Å². The van der Waals surface area contributed by atoms with Gasteiger partial charge in [-0.05, 0) is 18.2 Å². The van der Waals surface area contributed by atoms with E-state index in [2.05, 4.69) is 9.72 Å². The number of nitrogens with zero attached hydrogens (tertiary/aromatic N) is 3. The van der Waals surface area contributed by atoms with Gasteiger partial charge in [-0.1, -0.05) is 6.07 Å². The lowest BCUT2D eigenvalue weighted by atomic mass is 10.1. The Balaban J connectivity index is 1.68. The molecule has 2 aromatic rings. The van der Waals surface area contributed by atoms with Crippen molar-refractivity contribution in [1.29, 1.82) is 0 Å². The van der Waals surface area contributed by atoms with Gasteiger partial charge in [0, 0.05) is 44.9 Å². The predicted molar refractivity (Wildman–Crippen MR) is 93.5 cm³/mol. The standard InChI is InChI=1S/C17H17F3N4O4/c1-22-14(25)10-13(21-16(22)27)23-5-7-24(8-6-23)15(26)11-3-2-4-12(9-11)28-17(18,19)20/h2-4,9-10H,5-8H2,1H3,(H,21,27). The average molecular weight is 398 g/mol. The number of carbonyl (C=O) groups excluding carboxylic acids is 1. The number of hydrogen-bond acceptors (Lipinski definition) is 5. The Kier molecular flexibility index (Phi) is 5.16. The summed E-state index contributed by atoms with van der Waals surface area (Å²) in [6.45, 7) is 1.27. The molecule has 1 N–H and O–H groups in total. The van der Waals surface area contributed by atoms with E-state index in [1.807, 2.05) is 0 Å². The summed E-state index contributed by atoms with van der Waals surface area (Å²) in [5.41, 5.74) is -0.904. The molecule has 1 amide bonds. The number of anilines is 1. The molecule has 1 aliphatic rings. The first kappa shape index (κ1) is 19.5. The number of halogens is 3. The van der Waals surface area contributed by atoms with Crippen molar-refractivity contribution in [1.82, 2.24) is 14.5 Å². The van der Waals surface area contributed by atoms with E-state index in [1.54, 1.807) is 4.90 Å². The highest BCUT2D eigenvalue weighted by Crippen LogP contribution is 2.24. The first-order valence-electron chi connectivity index (χ1n) is 8.34. The number of carbonyl (C=O) groups is 1. The topological polar surface area (TPSA) is 87.6 Å². The van der Waals surface area contributed by atoms with E-state index in [1.165, 1.54) is 30.1 Å². The second kappa shape index (κ2) is 7.41. The third-order valence-electron chi connectivity index (χ3n) is 4.35. The van der Waals surface area contributed by atoms with Crippen molar-refractivity contribution >= 4 is 11.7 Å². The van der Waals surface area contributed by atoms with Gasteiger partial charge in [-0.3, -0.25) is 19.1 Å². The largest absolute Gasteiger partial charge is 0.573 e. The molecule has 11 heteroatoms. The molecule has 2 heterocycles. The van der Waals surface area contributed by atoms with Crippen LogP contribution in [-0.4, -0.2) is 52.9 Å². The van der Waals surface area contributed by atoms with Crippen LogP contribution >= 0.6 is 0 Å². The summed E-state index contributed by atoms with van der Waals surface area (Å²) in [7, 11) is 1.36. The van der Waals surface area contributed by atoms with Crippen LogP contribution in [0.15, 0.2) is 39.9 Å². The normalized spacial score (nSPS) is 14.9. The van der Waals surface area contributed by atoms with Gasteiger partial charge in [-0.25, -0.2) is 4.79 Å². The zero-order chi connectivity index (χ0) is 20.5. The maximum atomic E-state index is 12.6. The van der Waals surface area contributed by atoms with Gasteiger partial charge in [-0.15, -0.1) is 13.2 Å². The quantitative estimate of drug-likeness (QED) is 0.832. The molecule has 0 atom stereocenters. The van der Waals surface area contributed by atoms with Gasteiger partial charge in [0.1, 0.15) is 11.6 Å². The maximum Gasteiger partial charge on any atom is 0.573 e. The number of nitrogens with one attached hydrogen (secondary N) is 1. The second-order valence-electron chi connectivity index (χ2n) is 6.21. The number of aromatic amines is 1. The van der Waals surface area contributed by atoms with Gasteiger partial charge >= 0.3 is 12.1 Å². The Bertz CT molecular complexity index is 960. The van der Waals surface area contributed by atoms with Crippen LogP contribution in [0.1, 0.15) is 10.4 Å². The lowest BCUT2D eigenvalue weighted by Gasteiger charge is -2.35. The highest BCUT2D eigenvalue weighted by atomic mass is 19.4. The van der Waals surface area contributed by atoms with Crippen LogP contribution in [0.4, 0.5) is 19.0 Å². The summed E-state index contributed by atoms with van der Waals surface area (Å²) in [5.74, 6) is -0.528. The van der Waals surface area contributed by atoms with Gasteiger partial charge in [0.2, 0.25) is 0 Å². The summed E-state index contributed by atoms with van der Waals surface area (Å²) >= 11 is 0. The highest BCUT2D eigenvalue weighted by Gasteiger charge is 2.31. The smallest absolute Gasteiger partial charge is 0.406 e. The summed E-state index contributed by atoms with van der Waals surface area (Å²) in [6.07, 6.45) is -4.84. The van der Waals surface area contributed by atoms with Crippen molar-refractivity contribution in [3.63, 3.8) is 0 Å². The lowest BCUT2D eigenvalue weighted by molar-refractivity contribution is -0.274. The molecule has 0 radical (unpaired) electrons. The fourth-order valence-corrected chi connectivity index (χ4v) is 2.87. The summed E-state index contributed by atoms with van der Waals surface area (Å²) in [6, 6.07) is 6.19. The van der Waals surface area contributed by atoms with Crippen LogP contribution in [-0.2, 0) is 7.05 Å². The molecule has 150 valence electrons. The molecule has 8 nitrogen and oxygen atoms in total. The van der Waals surface area contributed by atoms with Crippen LogP contribution in [0.25, 0.3) is 0 Å². The first-order valence-corrected chi connectivity index (χ1v) is 8.34. The van der Waals surface area contributed by atoms with E-state index >= 15 is 0 Å². The van der Waals surface area contributed by atoms with E-state index in [0.29, 0.717) is 18.9 Å². The number of alkyl halides is 3. The number of piperazine rings is 1. The van der Waals surface area contributed by atoms with Gasteiger partial charge < -0.3 is 14.5 Å². The van der Waals surface area contributed by atoms with Crippen molar-refractivity contribution < 1.29 is 22.7 Å². The van der Waals surface area contributed by atoms with E-state index in [0.717, 1.165) is 16.7 Å². The molecular formula is C17H17F3N4O4. The molecule has 28 heavy (non-hydrogen) atoms. The molecule has 1 aromatic carbocycles. The fourth-order valence-electron chi connectivity index (χ4n) is 2.87. The lowest BCUT2D eigenvalue weighted by Crippen LogP contribution is -2.50. The molecule has 1 aromatic heterocycles. The number of benzene rings is 1. The SMILES string of the molecule is Cn1c(=O)cc(N2CCN(C(=O)c3cccc(OC(F)(F)F)c3)CC2)[nH]c1=O. The van der Waals surface area contributed by atoms with Gasteiger partial charge in [0.25, 0.3) is 11.5 Å². The molecule has 0 unspecified atom stereocenters. The molecule has 1 saturated heterocycles. The third-order valence-corrected chi connectivity index (χ3v) is 4.35. The minimum atomic E-state index is -4.84. The number of aromatic nitrogens is 2. The molecule has 0 saturated carbocycles. The monoisotopic (exact) mass is 398 g/mol. The number of H-pyrrole nitrogens is 1. The zero-order valence-corrected chi connectivity index (χ0v) is 14.8. The average Bonchev–Trinajstić information content (AvgIpc) is 2.64. The number of rotatable bonds is 3. The van der Waals surface area contributed by atoms with E-state index < -0.39 is 29.3 Å². The molecule has 0 spiro atoms.